The number of nitrogens with zero attached hydrogens (tertiary/aromatic N) is 7. The number of para-hydroxylation sites is 1. The smallest absolute Gasteiger partial charge is 0.184 e. The first kappa shape index (κ1) is 25.4. The number of carbonyl (C=O) groups is 1. The van der Waals surface area contributed by atoms with Crippen molar-refractivity contribution in [3.05, 3.63) is 54.1 Å². The van der Waals surface area contributed by atoms with E-state index in [-0.39, 0.29) is 5.78 Å². The number of ketones is 1. The molecule has 0 spiro atoms. The number of anilines is 4. The van der Waals surface area contributed by atoms with E-state index in [1.54, 1.807) is 24.3 Å². The molecule has 0 saturated carbocycles. The molecule has 0 bridgehead atoms. The van der Waals surface area contributed by atoms with E-state index in [1.165, 1.54) is 12.8 Å². The van der Waals surface area contributed by atoms with E-state index in [0.29, 0.717) is 46.6 Å². The zero-order valence-corrected chi connectivity index (χ0v) is 22.2. The lowest BCUT2D eigenvalue weighted by atomic mass is 10.1. The lowest BCUT2D eigenvalue weighted by Crippen LogP contribution is -2.20. The molecule has 0 radical (unpaired) electrons. The molecule has 11 heteroatoms. The average molecular weight is 516 g/mol. The van der Waals surface area contributed by atoms with Crippen molar-refractivity contribution in [2.45, 2.75) is 32.7 Å². The van der Waals surface area contributed by atoms with Gasteiger partial charge in [0.15, 0.2) is 23.2 Å². The SMILES string of the molecule is CCC(=O)c1cnc(Nc2cc(CN3CCCC3)n(C)n2)cc1Nc1cccc(-c2ncn(C)n2)c1OC. The number of hydrogen-bond acceptors (Lipinski definition) is 9. The van der Waals surface area contributed by atoms with E-state index in [9.17, 15) is 4.79 Å². The fourth-order valence-corrected chi connectivity index (χ4v) is 4.70. The number of nitrogens with one attached hydrogen (secondary N) is 2. The van der Waals surface area contributed by atoms with Crippen molar-refractivity contribution in [1.29, 1.82) is 0 Å². The molecule has 1 aliphatic heterocycles. The summed E-state index contributed by atoms with van der Waals surface area (Å²) in [6, 6.07) is 9.56. The van der Waals surface area contributed by atoms with Gasteiger partial charge in [0.25, 0.3) is 0 Å². The van der Waals surface area contributed by atoms with Crippen LogP contribution < -0.4 is 15.4 Å². The number of aromatic nitrogens is 6. The Morgan fingerprint density at radius 3 is 2.55 bits per heavy atom. The molecule has 0 amide bonds. The Balaban J connectivity index is 1.44. The van der Waals surface area contributed by atoms with Crippen LogP contribution in [0.5, 0.6) is 5.75 Å². The molecule has 4 heterocycles. The minimum absolute atomic E-state index is 0.0150. The van der Waals surface area contributed by atoms with Crippen LogP contribution in [0.15, 0.2) is 42.9 Å². The van der Waals surface area contributed by atoms with Gasteiger partial charge < -0.3 is 15.4 Å². The second-order valence-electron chi connectivity index (χ2n) is 9.40. The van der Waals surface area contributed by atoms with Crippen LogP contribution in [-0.2, 0) is 20.6 Å². The van der Waals surface area contributed by atoms with Gasteiger partial charge in [-0.05, 0) is 38.1 Å². The van der Waals surface area contributed by atoms with Crippen LogP contribution in [0.3, 0.4) is 0 Å². The average Bonchev–Trinajstić information content (AvgIpc) is 3.66. The molecule has 0 unspecified atom stereocenters. The van der Waals surface area contributed by atoms with Gasteiger partial charge in [0.05, 0.1) is 35.3 Å². The van der Waals surface area contributed by atoms with Gasteiger partial charge in [-0.2, -0.15) is 10.2 Å². The number of carbonyl (C=O) groups excluding carboxylic acids is 1. The lowest BCUT2D eigenvalue weighted by Gasteiger charge is -2.16. The number of likely N-dealkylation sites (tertiary alicyclic amines) is 1. The molecule has 3 aromatic heterocycles. The zero-order chi connectivity index (χ0) is 26.6. The molecule has 1 aromatic carbocycles. The van der Waals surface area contributed by atoms with Crippen molar-refractivity contribution in [3.8, 4) is 17.1 Å². The Morgan fingerprint density at radius 1 is 1.03 bits per heavy atom. The molecular weight excluding hydrogens is 482 g/mol. The third-order valence-corrected chi connectivity index (χ3v) is 6.67. The first-order valence-corrected chi connectivity index (χ1v) is 12.8. The summed E-state index contributed by atoms with van der Waals surface area (Å²) in [5.41, 5.74) is 3.68. The van der Waals surface area contributed by atoms with Gasteiger partial charge >= 0.3 is 0 Å². The summed E-state index contributed by atoms with van der Waals surface area (Å²) in [5, 5.41) is 15.7. The largest absolute Gasteiger partial charge is 0.494 e. The van der Waals surface area contributed by atoms with Gasteiger partial charge in [0, 0.05) is 45.4 Å². The Kier molecular flexibility index (Phi) is 7.36. The summed E-state index contributed by atoms with van der Waals surface area (Å²) in [7, 11) is 5.37. The second kappa shape index (κ2) is 11.0. The molecular formula is C27H33N9O2. The first-order chi connectivity index (χ1) is 18.4. The molecule has 2 N–H and O–H groups in total. The highest BCUT2D eigenvalue weighted by Crippen LogP contribution is 2.37. The van der Waals surface area contributed by atoms with Crippen LogP contribution in [0.1, 0.15) is 42.2 Å². The molecule has 1 saturated heterocycles. The molecule has 0 aliphatic carbocycles. The van der Waals surface area contributed by atoms with Gasteiger partial charge in [-0.1, -0.05) is 13.0 Å². The van der Waals surface area contributed by atoms with Gasteiger partial charge in [-0.25, -0.2) is 9.97 Å². The fourth-order valence-electron chi connectivity index (χ4n) is 4.70. The summed E-state index contributed by atoms with van der Waals surface area (Å²) in [5.74, 6) is 2.40. The van der Waals surface area contributed by atoms with E-state index in [0.717, 1.165) is 30.9 Å². The monoisotopic (exact) mass is 515 g/mol. The van der Waals surface area contributed by atoms with Crippen LogP contribution in [0.4, 0.5) is 23.0 Å². The zero-order valence-electron chi connectivity index (χ0n) is 22.2. The van der Waals surface area contributed by atoms with Crippen LogP contribution in [0.25, 0.3) is 11.4 Å². The summed E-state index contributed by atoms with van der Waals surface area (Å²) < 4.78 is 9.29. The standard InChI is InChI=1S/C27H33N9O2/c1-5-23(37)20-15-28-24(31-25-13-18(35(3)32-25)16-36-11-6-7-12-36)14-22(20)30-21-10-8-9-19(26(21)38-4)27-29-17-34(2)33-27/h8-10,13-15,17H,5-7,11-12,16H2,1-4H3,(H2,28,30,31,32). The van der Waals surface area contributed by atoms with Gasteiger partial charge in [-0.15, -0.1) is 0 Å². The van der Waals surface area contributed by atoms with Crippen molar-refractivity contribution in [2.75, 3.05) is 30.8 Å². The van der Waals surface area contributed by atoms with Crippen LogP contribution >= 0.6 is 0 Å². The lowest BCUT2D eigenvalue weighted by molar-refractivity contribution is 0.0988. The number of hydrogen-bond donors (Lipinski definition) is 2. The van der Waals surface area contributed by atoms with Crippen molar-refractivity contribution < 1.29 is 9.53 Å². The van der Waals surface area contributed by atoms with E-state index in [2.05, 4.69) is 35.7 Å². The maximum Gasteiger partial charge on any atom is 0.184 e. The molecule has 1 aliphatic rings. The molecule has 0 atom stereocenters. The first-order valence-electron chi connectivity index (χ1n) is 12.8. The van der Waals surface area contributed by atoms with Crippen molar-refractivity contribution >= 4 is 28.8 Å². The minimum Gasteiger partial charge on any atom is -0.494 e. The number of rotatable bonds is 10. The fraction of sp³-hybridized carbons (Fsp3) is 0.370. The Morgan fingerprint density at radius 2 is 1.84 bits per heavy atom. The number of aryl methyl sites for hydroxylation is 2. The van der Waals surface area contributed by atoms with Crippen LogP contribution in [0, 0.1) is 0 Å². The Bertz CT molecular complexity index is 1440. The van der Waals surface area contributed by atoms with E-state index in [4.69, 9.17) is 4.74 Å². The van der Waals surface area contributed by atoms with Gasteiger partial charge in [0.2, 0.25) is 0 Å². The maximum atomic E-state index is 12.8. The van der Waals surface area contributed by atoms with Gasteiger partial charge in [-0.3, -0.25) is 19.1 Å². The topological polar surface area (TPSA) is 115 Å². The van der Waals surface area contributed by atoms with Crippen molar-refractivity contribution in [1.82, 2.24) is 34.4 Å². The highest BCUT2D eigenvalue weighted by molar-refractivity contribution is 6.02. The molecule has 38 heavy (non-hydrogen) atoms. The summed E-state index contributed by atoms with van der Waals surface area (Å²) in [6.07, 6.45) is 6.09. The van der Waals surface area contributed by atoms with Crippen molar-refractivity contribution in [3.63, 3.8) is 0 Å². The predicted molar refractivity (Wildman–Crippen MR) is 146 cm³/mol. The number of ether oxygens (including phenoxy) is 1. The Labute approximate surface area is 221 Å². The highest BCUT2D eigenvalue weighted by Gasteiger charge is 2.19. The molecule has 5 rings (SSSR count). The summed E-state index contributed by atoms with van der Waals surface area (Å²) in [4.78, 5) is 24.1. The van der Waals surface area contributed by atoms with E-state index in [1.807, 2.05) is 56.0 Å². The van der Waals surface area contributed by atoms with Crippen LogP contribution in [-0.4, -0.2) is 60.4 Å². The molecule has 198 valence electrons. The second-order valence-corrected chi connectivity index (χ2v) is 9.40. The molecule has 1 fully saturated rings. The van der Waals surface area contributed by atoms with Gasteiger partial charge in [0.1, 0.15) is 12.1 Å². The normalized spacial score (nSPS) is 13.6. The van der Waals surface area contributed by atoms with E-state index < -0.39 is 0 Å². The molecule has 4 aromatic rings. The summed E-state index contributed by atoms with van der Waals surface area (Å²) in [6.45, 7) is 4.95. The van der Waals surface area contributed by atoms with E-state index >= 15 is 0 Å². The minimum atomic E-state index is -0.0150. The third kappa shape index (κ3) is 5.37. The van der Waals surface area contributed by atoms with Crippen molar-refractivity contribution in [2.24, 2.45) is 14.1 Å². The number of benzene rings is 1. The third-order valence-electron chi connectivity index (χ3n) is 6.67. The maximum absolute atomic E-state index is 12.8. The Hall–Kier alpha value is -4.25. The summed E-state index contributed by atoms with van der Waals surface area (Å²) >= 11 is 0. The highest BCUT2D eigenvalue weighted by atomic mass is 16.5. The number of methoxy groups -OCH3 is 1. The number of pyridine rings is 1. The molecule has 11 nitrogen and oxygen atoms in total. The van der Waals surface area contributed by atoms with Crippen LogP contribution in [0.2, 0.25) is 0 Å². The number of Topliss-reactive ketones (excluding diaryl/α,β-unsaturated/α-hetero) is 1. The predicted octanol–water partition coefficient (Wildman–Crippen LogP) is 4.29. The quantitative estimate of drug-likeness (QED) is 0.298.